The molecule has 23 heavy (non-hydrogen) atoms. The first kappa shape index (κ1) is 16.4. The van der Waals surface area contributed by atoms with E-state index in [-0.39, 0.29) is 5.91 Å². The number of hydrogen-bond acceptors (Lipinski definition) is 4. The van der Waals surface area contributed by atoms with Gasteiger partial charge in [-0.3, -0.25) is 9.69 Å². The van der Waals surface area contributed by atoms with E-state index >= 15 is 0 Å². The molecule has 0 aromatic heterocycles. The quantitative estimate of drug-likeness (QED) is 0.901. The molecule has 2 aliphatic heterocycles. The number of carbonyl (C=O) groups is 1. The average Bonchev–Trinajstić information content (AvgIpc) is 3.04. The zero-order valence-electron chi connectivity index (χ0n) is 13.9. The lowest BCUT2D eigenvalue weighted by Gasteiger charge is -2.31. The Labute approximate surface area is 138 Å². The molecule has 126 valence electrons. The minimum absolute atomic E-state index is 0.0353. The van der Waals surface area contributed by atoms with E-state index in [1.54, 1.807) is 0 Å². The average molecular weight is 317 g/mol. The summed E-state index contributed by atoms with van der Waals surface area (Å²) < 4.78 is 5.39. The summed E-state index contributed by atoms with van der Waals surface area (Å²) in [6.07, 6.45) is 1.06. The molecule has 0 radical (unpaired) electrons. The fourth-order valence-corrected chi connectivity index (χ4v) is 3.55. The molecule has 2 atom stereocenters. The highest BCUT2D eigenvalue weighted by Crippen LogP contribution is 2.25. The van der Waals surface area contributed by atoms with Crippen LogP contribution in [0, 0.1) is 5.92 Å². The molecule has 1 aromatic carbocycles. The lowest BCUT2D eigenvalue weighted by Crippen LogP contribution is -2.50. The van der Waals surface area contributed by atoms with Crippen LogP contribution >= 0.6 is 0 Å². The molecule has 2 fully saturated rings. The van der Waals surface area contributed by atoms with Gasteiger partial charge < -0.3 is 15.4 Å². The Morgan fingerprint density at radius 1 is 1.26 bits per heavy atom. The van der Waals surface area contributed by atoms with Crippen LogP contribution in [0.25, 0.3) is 0 Å². The van der Waals surface area contributed by atoms with Crippen LogP contribution in [0.15, 0.2) is 30.3 Å². The van der Waals surface area contributed by atoms with E-state index in [9.17, 15) is 4.79 Å². The largest absolute Gasteiger partial charge is 0.379 e. The first-order valence-corrected chi connectivity index (χ1v) is 8.51. The number of nitrogens with zero attached hydrogens (tertiary/aromatic N) is 2. The number of hydrogen-bond donors (Lipinski definition) is 1. The Morgan fingerprint density at radius 2 is 1.96 bits per heavy atom. The van der Waals surface area contributed by atoms with Crippen LogP contribution in [0.3, 0.4) is 0 Å². The van der Waals surface area contributed by atoms with Gasteiger partial charge in [0.1, 0.15) is 5.54 Å². The van der Waals surface area contributed by atoms with E-state index in [2.05, 4.69) is 4.90 Å². The SMILES string of the molecule is CC(N)(C(=O)N1CCC(CN2CCOCC2)C1)c1ccccc1. The fourth-order valence-electron chi connectivity index (χ4n) is 3.55. The third-order valence-electron chi connectivity index (χ3n) is 5.01. The number of likely N-dealkylation sites (tertiary alicyclic amines) is 1. The van der Waals surface area contributed by atoms with Gasteiger partial charge in [-0.2, -0.15) is 0 Å². The molecule has 0 aliphatic carbocycles. The number of benzene rings is 1. The van der Waals surface area contributed by atoms with E-state index in [1.807, 2.05) is 42.2 Å². The van der Waals surface area contributed by atoms with E-state index in [4.69, 9.17) is 10.5 Å². The molecule has 5 nitrogen and oxygen atoms in total. The molecule has 0 bridgehead atoms. The maximum atomic E-state index is 12.9. The summed E-state index contributed by atoms with van der Waals surface area (Å²) in [5.41, 5.74) is 6.30. The van der Waals surface area contributed by atoms with Crippen LogP contribution in [0.5, 0.6) is 0 Å². The van der Waals surface area contributed by atoms with Crippen LogP contribution in [-0.2, 0) is 15.1 Å². The predicted molar refractivity (Wildman–Crippen MR) is 89.9 cm³/mol. The molecule has 0 spiro atoms. The van der Waals surface area contributed by atoms with Gasteiger partial charge in [0.25, 0.3) is 0 Å². The van der Waals surface area contributed by atoms with Gasteiger partial charge in [-0.15, -0.1) is 0 Å². The van der Waals surface area contributed by atoms with Gasteiger partial charge in [0.15, 0.2) is 0 Å². The first-order chi connectivity index (χ1) is 11.1. The molecule has 2 heterocycles. The lowest BCUT2D eigenvalue weighted by molar-refractivity contribution is -0.135. The van der Waals surface area contributed by atoms with Crippen LogP contribution in [0.4, 0.5) is 0 Å². The molecule has 3 rings (SSSR count). The zero-order valence-corrected chi connectivity index (χ0v) is 13.9. The number of amides is 1. The van der Waals surface area contributed by atoms with Crippen molar-refractivity contribution in [3.63, 3.8) is 0 Å². The van der Waals surface area contributed by atoms with E-state index in [0.29, 0.717) is 5.92 Å². The second-order valence-corrected chi connectivity index (χ2v) is 6.89. The van der Waals surface area contributed by atoms with Crippen LogP contribution in [-0.4, -0.2) is 61.6 Å². The Hall–Kier alpha value is -1.43. The third-order valence-corrected chi connectivity index (χ3v) is 5.01. The fraction of sp³-hybridized carbons (Fsp3) is 0.611. The first-order valence-electron chi connectivity index (χ1n) is 8.51. The summed E-state index contributed by atoms with van der Waals surface area (Å²) in [5.74, 6) is 0.580. The van der Waals surface area contributed by atoms with Crippen molar-refractivity contribution in [3.8, 4) is 0 Å². The van der Waals surface area contributed by atoms with Gasteiger partial charge in [0.2, 0.25) is 5.91 Å². The lowest BCUT2D eigenvalue weighted by atomic mass is 9.92. The Morgan fingerprint density at radius 3 is 2.65 bits per heavy atom. The van der Waals surface area contributed by atoms with Gasteiger partial charge in [-0.05, 0) is 24.8 Å². The summed E-state index contributed by atoms with van der Waals surface area (Å²) in [6, 6.07) is 9.66. The normalized spacial score (nSPS) is 25.3. The molecule has 1 aromatic rings. The van der Waals surface area contributed by atoms with Crippen molar-refractivity contribution < 1.29 is 9.53 Å². The minimum atomic E-state index is -0.949. The Balaban J connectivity index is 1.58. The number of rotatable bonds is 4. The maximum Gasteiger partial charge on any atom is 0.246 e. The topological polar surface area (TPSA) is 58.8 Å². The monoisotopic (exact) mass is 317 g/mol. The van der Waals surface area contributed by atoms with Crippen LogP contribution in [0.1, 0.15) is 18.9 Å². The highest BCUT2D eigenvalue weighted by atomic mass is 16.5. The molecule has 5 heteroatoms. The second-order valence-electron chi connectivity index (χ2n) is 6.89. The van der Waals surface area contributed by atoms with Gasteiger partial charge >= 0.3 is 0 Å². The van der Waals surface area contributed by atoms with Crippen molar-refractivity contribution >= 4 is 5.91 Å². The molecule has 2 N–H and O–H groups in total. The molecular weight excluding hydrogens is 290 g/mol. The smallest absolute Gasteiger partial charge is 0.246 e. The van der Waals surface area contributed by atoms with Gasteiger partial charge in [-0.25, -0.2) is 0 Å². The van der Waals surface area contributed by atoms with Gasteiger partial charge in [0.05, 0.1) is 13.2 Å². The standard InChI is InChI=1S/C18H27N3O2/c1-18(19,16-5-3-2-4-6-16)17(22)21-8-7-15(14-21)13-20-9-11-23-12-10-20/h2-6,15H,7-14,19H2,1H3. The second kappa shape index (κ2) is 6.99. The third kappa shape index (κ3) is 3.74. The van der Waals surface area contributed by atoms with E-state index < -0.39 is 5.54 Å². The predicted octanol–water partition coefficient (Wildman–Crippen LogP) is 1.04. The van der Waals surface area contributed by atoms with E-state index in [1.165, 1.54) is 0 Å². The molecular formula is C18H27N3O2. The van der Waals surface area contributed by atoms with Crippen molar-refractivity contribution in [2.75, 3.05) is 45.9 Å². The van der Waals surface area contributed by atoms with Crippen LogP contribution < -0.4 is 5.73 Å². The Bertz CT molecular complexity index is 526. The summed E-state index contributed by atoms with van der Waals surface area (Å²) in [6.45, 7) is 8.16. The summed E-state index contributed by atoms with van der Waals surface area (Å²) in [4.78, 5) is 17.3. The van der Waals surface area contributed by atoms with Crippen LogP contribution in [0.2, 0.25) is 0 Å². The highest BCUT2D eigenvalue weighted by Gasteiger charge is 2.38. The maximum absolute atomic E-state index is 12.9. The van der Waals surface area contributed by atoms with Crippen molar-refractivity contribution in [3.05, 3.63) is 35.9 Å². The minimum Gasteiger partial charge on any atom is -0.379 e. The zero-order chi connectivity index (χ0) is 16.3. The van der Waals surface area contributed by atoms with Gasteiger partial charge in [0, 0.05) is 32.7 Å². The number of nitrogens with two attached hydrogens (primary N) is 1. The summed E-state index contributed by atoms with van der Waals surface area (Å²) >= 11 is 0. The van der Waals surface area contributed by atoms with Crippen molar-refractivity contribution in [2.24, 2.45) is 11.7 Å². The van der Waals surface area contributed by atoms with Crippen molar-refractivity contribution in [2.45, 2.75) is 18.9 Å². The number of morpholine rings is 1. The summed E-state index contributed by atoms with van der Waals surface area (Å²) in [7, 11) is 0. The molecule has 2 saturated heterocycles. The number of carbonyl (C=O) groups excluding carboxylic acids is 1. The van der Waals surface area contributed by atoms with Crippen molar-refractivity contribution in [1.82, 2.24) is 9.80 Å². The number of ether oxygens (including phenoxy) is 1. The molecule has 1 amide bonds. The highest BCUT2D eigenvalue weighted by molar-refractivity contribution is 5.87. The molecule has 0 saturated carbocycles. The van der Waals surface area contributed by atoms with E-state index in [0.717, 1.165) is 57.9 Å². The molecule has 2 aliphatic rings. The molecule has 2 unspecified atom stereocenters. The van der Waals surface area contributed by atoms with Crippen molar-refractivity contribution in [1.29, 1.82) is 0 Å². The van der Waals surface area contributed by atoms with Gasteiger partial charge in [-0.1, -0.05) is 30.3 Å². The Kier molecular flexibility index (Phi) is 4.99. The summed E-state index contributed by atoms with van der Waals surface area (Å²) in [5, 5.41) is 0.